The molecule has 4 atom stereocenters. The summed E-state index contributed by atoms with van der Waals surface area (Å²) in [7, 11) is 0. The van der Waals surface area contributed by atoms with Gasteiger partial charge in [0.2, 0.25) is 0 Å². The number of carbonyl (C=O) groups is 4. The summed E-state index contributed by atoms with van der Waals surface area (Å²) in [5.41, 5.74) is 9.03. The van der Waals surface area contributed by atoms with Crippen LogP contribution in [-0.2, 0) is 32.0 Å². The molecule has 0 saturated carbocycles. The van der Waals surface area contributed by atoms with Crippen LogP contribution < -0.4 is 11.5 Å². The number of aliphatic carboxylic acids is 4. The number of H-pyrrole nitrogens is 2. The van der Waals surface area contributed by atoms with Gasteiger partial charge in [0.1, 0.15) is 12.1 Å². The van der Waals surface area contributed by atoms with Crippen LogP contribution in [0, 0.1) is 0 Å². The van der Waals surface area contributed by atoms with E-state index in [4.69, 9.17) is 21.7 Å². The molecule has 2 aromatic carbocycles. The Morgan fingerprint density at radius 2 is 0.977 bits per heavy atom. The largest absolute Gasteiger partial charge is 2.00 e. The summed E-state index contributed by atoms with van der Waals surface area (Å²) >= 11 is 0. The summed E-state index contributed by atoms with van der Waals surface area (Å²) in [5.74, 6) is -5.70. The molecule has 0 saturated heterocycles. The molecule has 0 unspecified atom stereocenters. The summed E-state index contributed by atoms with van der Waals surface area (Å²) in [6, 6.07) is 11.6. The molecule has 0 radical (unpaired) electrons. The van der Waals surface area contributed by atoms with Gasteiger partial charge in [-0.25, -0.2) is 9.59 Å². The van der Waals surface area contributed by atoms with Crippen molar-refractivity contribution in [2.75, 3.05) is 0 Å². The number of aliphatic hydroxyl groups is 2. The molecule has 43 heavy (non-hydrogen) atoms. The van der Waals surface area contributed by atoms with Crippen molar-refractivity contribution < 1.29 is 49.8 Å². The van der Waals surface area contributed by atoms with Crippen molar-refractivity contribution >= 4 is 68.7 Å². The third kappa shape index (κ3) is 8.53. The van der Waals surface area contributed by atoms with Crippen molar-refractivity contribution in [1.82, 2.24) is 9.97 Å². The first-order valence-electron chi connectivity index (χ1n) is 12.6. The molecule has 4 rings (SSSR count). The van der Waals surface area contributed by atoms with Gasteiger partial charge in [0.05, 0.1) is 0 Å². The van der Waals surface area contributed by atoms with Crippen molar-refractivity contribution in [3.05, 3.63) is 72.1 Å². The third-order valence-electron chi connectivity index (χ3n) is 6.86. The normalized spacial score (nSPS) is 15.2. The standard InChI is InChI=1S/2C14H16N2O5.Mg/c2*15-10(12(17)18)6-14(21,13(19)20)5-8-7-16-11-4-2-1-3-9(8)11;/h2*1-4,7,10,16,21H,5-6,15H2,(H,17,18)(H,19,20);/q;;+2/t2*10-,14-;/m11./s1. The van der Waals surface area contributed by atoms with E-state index in [0.717, 1.165) is 21.8 Å². The van der Waals surface area contributed by atoms with Crippen LogP contribution in [0.15, 0.2) is 60.9 Å². The smallest absolute Gasteiger partial charge is 0.480 e. The summed E-state index contributed by atoms with van der Waals surface area (Å²) in [5, 5.41) is 58.2. The van der Waals surface area contributed by atoms with Gasteiger partial charge < -0.3 is 52.1 Å². The number of nitrogens with one attached hydrogen (secondary N) is 2. The summed E-state index contributed by atoms with van der Waals surface area (Å²) < 4.78 is 0. The number of hydrogen-bond acceptors (Lipinski definition) is 8. The Balaban J connectivity index is 0.000000293. The maximum absolute atomic E-state index is 11.3. The van der Waals surface area contributed by atoms with E-state index in [9.17, 15) is 39.6 Å². The molecular formula is C28H32MgN4O10+2. The van der Waals surface area contributed by atoms with Gasteiger partial charge in [0, 0.05) is 59.9 Å². The fraction of sp³-hybridized carbons (Fsp3) is 0.286. The van der Waals surface area contributed by atoms with Crippen LogP contribution in [0.4, 0.5) is 0 Å². The van der Waals surface area contributed by atoms with E-state index < -0.39 is 60.0 Å². The first-order valence-corrected chi connectivity index (χ1v) is 12.6. The van der Waals surface area contributed by atoms with Crippen molar-refractivity contribution in [1.29, 1.82) is 0 Å². The van der Waals surface area contributed by atoms with E-state index in [1.165, 1.54) is 0 Å². The van der Waals surface area contributed by atoms with Crippen molar-refractivity contribution in [3.63, 3.8) is 0 Å². The molecule has 0 bridgehead atoms. The Morgan fingerprint density at radius 3 is 1.28 bits per heavy atom. The van der Waals surface area contributed by atoms with Gasteiger partial charge in [-0.1, -0.05) is 36.4 Å². The minimum absolute atomic E-state index is 0. The maximum atomic E-state index is 11.3. The molecule has 0 amide bonds. The molecule has 0 aliphatic rings. The fourth-order valence-corrected chi connectivity index (χ4v) is 4.56. The Bertz CT molecular complexity index is 1490. The molecule has 0 fully saturated rings. The van der Waals surface area contributed by atoms with Gasteiger partial charge in [0.25, 0.3) is 0 Å². The Kier molecular flexibility index (Phi) is 11.8. The average Bonchev–Trinajstić information content (AvgIpc) is 3.52. The molecule has 2 heterocycles. The first kappa shape index (κ1) is 35.2. The molecule has 0 aliphatic carbocycles. The quantitative estimate of drug-likeness (QED) is 0.0971. The fourth-order valence-electron chi connectivity index (χ4n) is 4.56. The summed E-state index contributed by atoms with van der Waals surface area (Å²) in [6.07, 6.45) is 1.60. The van der Waals surface area contributed by atoms with Gasteiger partial charge in [0.15, 0.2) is 11.2 Å². The second-order valence-electron chi connectivity index (χ2n) is 10.0. The average molecular weight is 609 g/mol. The van der Waals surface area contributed by atoms with Crippen LogP contribution in [0.1, 0.15) is 24.0 Å². The van der Waals surface area contributed by atoms with E-state index >= 15 is 0 Å². The molecule has 4 aromatic rings. The van der Waals surface area contributed by atoms with Crippen LogP contribution in [0.25, 0.3) is 21.8 Å². The number of fused-ring (bicyclic) bond motifs is 2. The Morgan fingerprint density at radius 1 is 0.651 bits per heavy atom. The van der Waals surface area contributed by atoms with Crippen LogP contribution >= 0.6 is 0 Å². The van der Waals surface area contributed by atoms with Crippen molar-refractivity contribution in [3.8, 4) is 0 Å². The topological polar surface area (TPSA) is 273 Å². The van der Waals surface area contributed by atoms with Gasteiger partial charge in [-0.2, -0.15) is 0 Å². The number of rotatable bonds is 12. The number of carboxylic acids is 4. The number of nitrogens with two attached hydrogens (primary N) is 2. The molecule has 0 spiro atoms. The zero-order valence-electron chi connectivity index (χ0n) is 22.9. The summed E-state index contributed by atoms with van der Waals surface area (Å²) in [4.78, 5) is 50.2. The third-order valence-corrected chi connectivity index (χ3v) is 6.86. The first-order chi connectivity index (χ1) is 19.7. The van der Waals surface area contributed by atoms with E-state index in [2.05, 4.69) is 9.97 Å². The van der Waals surface area contributed by atoms with E-state index in [-0.39, 0.29) is 35.9 Å². The number of aromatic amines is 2. The number of carboxylic acid groups (broad SMARTS) is 4. The SMILES string of the molecule is N[C@H](C[C@](O)(Cc1c[nH]c2ccccc12)C(=O)O)C(=O)O.N[C@H](C[C@](O)(Cc1c[nH]c2ccccc12)C(=O)O)C(=O)O.[Mg+2]. The second-order valence-corrected chi connectivity index (χ2v) is 10.0. The molecule has 15 heteroatoms. The van der Waals surface area contributed by atoms with Gasteiger partial charge >= 0.3 is 46.9 Å². The van der Waals surface area contributed by atoms with E-state index in [1.54, 1.807) is 36.7 Å². The predicted octanol–water partition coefficient (Wildman–Crippen LogP) is 0.275. The summed E-state index contributed by atoms with van der Waals surface area (Å²) in [6.45, 7) is 0. The maximum Gasteiger partial charge on any atom is 2.00 e. The second kappa shape index (κ2) is 14.5. The van der Waals surface area contributed by atoms with Crippen molar-refractivity contribution in [2.24, 2.45) is 11.5 Å². The minimum atomic E-state index is -2.23. The number of aromatic nitrogens is 2. The van der Waals surface area contributed by atoms with Gasteiger partial charge in [-0.05, 0) is 23.3 Å². The number of hydrogen-bond donors (Lipinski definition) is 10. The molecule has 12 N–H and O–H groups in total. The zero-order valence-corrected chi connectivity index (χ0v) is 24.3. The van der Waals surface area contributed by atoms with Gasteiger partial charge in [-0.3, -0.25) is 9.59 Å². The molecule has 0 aliphatic heterocycles. The number of para-hydroxylation sites is 2. The van der Waals surface area contributed by atoms with Crippen LogP contribution in [0.2, 0.25) is 0 Å². The minimum Gasteiger partial charge on any atom is -0.480 e. The van der Waals surface area contributed by atoms with Crippen molar-refractivity contribution in [2.45, 2.75) is 49.0 Å². The van der Waals surface area contributed by atoms with Gasteiger partial charge in [-0.15, -0.1) is 0 Å². The Labute approximate surface area is 260 Å². The molecule has 14 nitrogen and oxygen atoms in total. The predicted molar refractivity (Wildman–Crippen MR) is 155 cm³/mol. The van der Waals surface area contributed by atoms with Crippen LogP contribution in [-0.4, -0.2) is 111 Å². The number of benzene rings is 2. The molecular weight excluding hydrogens is 577 g/mol. The van der Waals surface area contributed by atoms with E-state index in [0.29, 0.717) is 11.1 Å². The van der Waals surface area contributed by atoms with Crippen LogP contribution in [0.5, 0.6) is 0 Å². The molecule has 224 valence electrons. The van der Waals surface area contributed by atoms with Crippen LogP contribution in [0.3, 0.4) is 0 Å². The monoisotopic (exact) mass is 608 g/mol. The van der Waals surface area contributed by atoms with E-state index in [1.807, 2.05) is 24.3 Å². The zero-order chi connectivity index (χ0) is 31.2. The molecule has 2 aromatic heterocycles. The Hall–Kier alpha value is -3.99.